The quantitative estimate of drug-likeness (QED) is 0.864. The number of nitrogens with zero attached hydrogens (tertiary/aromatic N) is 1. The molecule has 0 radical (unpaired) electrons. The van der Waals surface area contributed by atoms with Crippen molar-refractivity contribution in [1.29, 1.82) is 0 Å². The van der Waals surface area contributed by atoms with Gasteiger partial charge in [-0.2, -0.15) is 0 Å². The Balaban J connectivity index is 1.88. The highest BCUT2D eigenvalue weighted by atomic mass is 32.2. The Morgan fingerprint density at radius 2 is 1.92 bits per heavy atom. The third-order valence-electron chi connectivity index (χ3n) is 4.47. The maximum atomic E-state index is 12.8. The highest BCUT2D eigenvalue weighted by Gasteiger charge is 2.26. The SMILES string of the molecule is CCNC(=O)N1CCc2cc(S(=O)(=O)Nc3cc(C)ccc3C)ccc21. The molecule has 26 heavy (non-hydrogen) atoms. The number of carbonyl (C=O) groups excluding carboxylic acids is 1. The standard InChI is InChI=1S/C19H23N3O3S/c1-4-20-19(23)22-10-9-15-12-16(7-8-18(15)22)26(24,25)21-17-11-13(2)5-6-14(17)3/h5-8,11-12,21H,4,9-10H2,1-3H3,(H,20,23). The summed E-state index contributed by atoms with van der Waals surface area (Å²) in [6.45, 7) is 6.75. The average Bonchev–Trinajstić information content (AvgIpc) is 3.01. The Morgan fingerprint density at radius 3 is 2.65 bits per heavy atom. The van der Waals surface area contributed by atoms with Gasteiger partial charge in [-0.1, -0.05) is 12.1 Å². The van der Waals surface area contributed by atoms with E-state index in [1.54, 1.807) is 23.1 Å². The first-order valence-electron chi connectivity index (χ1n) is 8.60. The molecule has 1 aliphatic heterocycles. The van der Waals surface area contributed by atoms with Crippen LogP contribution >= 0.6 is 0 Å². The van der Waals surface area contributed by atoms with Crippen LogP contribution in [0, 0.1) is 13.8 Å². The Labute approximate surface area is 154 Å². The van der Waals surface area contributed by atoms with Crippen molar-refractivity contribution in [3.63, 3.8) is 0 Å². The number of hydrogen-bond acceptors (Lipinski definition) is 3. The number of urea groups is 1. The highest BCUT2D eigenvalue weighted by molar-refractivity contribution is 7.92. The summed E-state index contributed by atoms with van der Waals surface area (Å²) in [6, 6.07) is 10.4. The Kier molecular flexibility index (Phi) is 4.91. The van der Waals surface area contributed by atoms with Crippen LogP contribution in [0.1, 0.15) is 23.6 Å². The topological polar surface area (TPSA) is 78.5 Å². The monoisotopic (exact) mass is 373 g/mol. The van der Waals surface area contributed by atoms with Crippen LogP contribution in [0.25, 0.3) is 0 Å². The molecule has 0 aliphatic carbocycles. The molecule has 3 rings (SSSR count). The van der Waals surface area contributed by atoms with Crippen LogP contribution in [0.15, 0.2) is 41.3 Å². The normalized spacial score (nSPS) is 13.4. The lowest BCUT2D eigenvalue weighted by molar-refractivity contribution is 0.247. The number of sulfonamides is 1. The van der Waals surface area contributed by atoms with Gasteiger partial charge in [0, 0.05) is 18.8 Å². The molecule has 2 aromatic carbocycles. The van der Waals surface area contributed by atoms with Crippen LogP contribution in [-0.2, 0) is 16.4 Å². The van der Waals surface area contributed by atoms with E-state index in [4.69, 9.17) is 0 Å². The summed E-state index contributed by atoms with van der Waals surface area (Å²) < 4.78 is 28.2. The average molecular weight is 373 g/mol. The van der Waals surface area contributed by atoms with Gasteiger partial charge in [0.2, 0.25) is 0 Å². The number of carbonyl (C=O) groups is 1. The lowest BCUT2D eigenvalue weighted by Gasteiger charge is -2.18. The lowest BCUT2D eigenvalue weighted by Crippen LogP contribution is -2.38. The molecule has 0 saturated heterocycles. The van der Waals surface area contributed by atoms with Gasteiger partial charge in [-0.05, 0) is 68.1 Å². The van der Waals surface area contributed by atoms with Crippen molar-refractivity contribution in [2.45, 2.75) is 32.1 Å². The molecule has 0 atom stereocenters. The number of amides is 2. The molecular formula is C19H23N3O3S. The molecule has 0 spiro atoms. The van der Waals surface area contributed by atoms with Crippen LogP contribution in [0.3, 0.4) is 0 Å². The van der Waals surface area contributed by atoms with Crippen LogP contribution < -0.4 is 14.9 Å². The molecule has 2 aromatic rings. The fraction of sp³-hybridized carbons (Fsp3) is 0.316. The third-order valence-corrected chi connectivity index (χ3v) is 5.83. The van der Waals surface area contributed by atoms with E-state index >= 15 is 0 Å². The zero-order chi connectivity index (χ0) is 18.9. The predicted octanol–water partition coefficient (Wildman–Crippen LogP) is 3.20. The Morgan fingerprint density at radius 1 is 1.15 bits per heavy atom. The number of fused-ring (bicyclic) bond motifs is 1. The van der Waals surface area contributed by atoms with E-state index in [9.17, 15) is 13.2 Å². The lowest BCUT2D eigenvalue weighted by atomic mass is 10.1. The number of rotatable bonds is 4. The van der Waals surface area contributed by atoms with Gasteiger partial charge in [0.05, 0.1) is 10.6 Å². The van der Waals surface area contributed by atoms with E-state index in [0.29, 0.717) is 25.2 Å². The molecule has 0 aromatic heterocycles. The van der Waals surface area contributed by atoms with E-state index in [1.807, 2.05) is 39.0 Å². The molecule has 0 bridgehead atoms. The molecule has 138 valence electrons. The highest BCUT2D eigenvalue weighted by Crippen LogP contribution is 2.31. The van der Waals surface area contributed by atoms with Crippen molar-refractivity contribution >= 4 is 27.4 Å². The minimum absolute atomic E-state index is 0.157. The minimum atomic E-state index is -3.69. The maximum Gasteiger partial charge on any atom is 0.321 e. The van der Waals surface area contributed by atoms with Gasteiger partial charge in [-0.25, -0.2) is 13.2 Å². The van der Waals surface area contributed by atoms with Gasteiger partial charge in [-0.15, -0.1) is 0 Å². The minimum Gasteiger partial charge on any atom is -0.338 e. The van der Waals surface area contributed by atoms with Crippen molar-refractivity contribution in [3.8, 4) is 0 Å². The summed E-state index contributed by atoms with van der Waals surface area (Å²) >= 11 is 0. The van der Waals surface area contributed by atoms with E-state index in [2.05, 4.69) is 10.0 Å². The number of hydrogen-bond donors (Lipinski definition) is 2. The summed E-state index contributed by atoms with van der Waals surface area (Å²) in [5, 5.41) is 2.77. The summed E-state index contributed by atoms with van der Waals surface area (Å²) in [7, 11) is -3.69. The Hall–Kier alpha value is -2.54. The smallest absolute Gasteiger partial charge is 0.321 e. The van der Waals surface area contributed by atoms with Gasteiger partial charge in [0.15, 0.2) is 0 Å². The van der Waals surface area contributed by atoms with Crippen LogP contribution in [0.4, 0.5) is 16.2 Å². The molecule has 0 saturated carbocycles. The summed E-state index contributed by atoms with van der Waals surface area (Å²) in [4.78, 5) is 13.9. The fourth-order valence-electron chi connectivity index (χ4n) is 3.05. The van der Waals surface area contributed by atoms with E-state index < -0.39 is 10.0 Å². The molecule has 1 heterocycles. The number of benzene rings is 2. The molecule has 1 aliphatic rings. The Bertz CT molecular complexity index is 954. The summed E-state index contributed by atoms with van der Waals surface area (Å²) in [5.41, 5.74) is 4.05. The molecule has 0 unspecified atom stereocenters. The van der Waals surface area contributed by atoms with Crippen molar-refractivity contribution in [3.05, 3.63) is 53.1 Å². The second-order valence-electron chi connectivity index (χ2n) is 6.45. The number of aryl methyl sites for hydroxylation is 2. The molecule has 7 heteroatoms. The predicted molar refractivity (Wildman–Crippen MR) is 103 cm³/mol. The van der Waals surface area contributed by atoms with Gasteiger partial charge in [0.25, 0.3) is 10.0 Å². The first kappa shape index (κ1) is 18.3. The first-order chi connectivity index (χ1) is 12.3. The molecule has 2 amide bonds. The summed E-state index contributed by atoms with van der Waals surface area (Å²) in [5.74, 6) is 0. The first-order valence-corrected chi connectivity index (χ1v) is 10.1. The second-order valence-corrected chi connectivity index (χ2v) is 8.13. The van der Waals surface area contributed by atoms with Crippen LogP contribution in [0.2, 0.25) is 0 Å². The van der Waals surface area contributed by atoms with Crippen molar-refractivity contribution in [2.24, 2.45) is 0 Å². The van der Waals surface area contributed by atoms with Crippen molar-refractivity contribution in [1.82, 2.24) is 5.32 Å². The summed E-state index contributed by atoms with van der Waals surface area (Å²) in [6.07, 6.45) is 0.638. The van der Waals surface area contributed by atoms with Gasteiger partial charge < -0.3 is 5.32 Å². The second kappa shape index (κ2) is 6.99. The molecule has 2 N–H and O–H groups in total. The number of nitrogens with one attached hydrogen (secondary N) is 2. The maximum absolute atomic E-state index is 12.8. The molecular weight excluding hydrogens is 350 g/mol. The van der Waals surface area contributed by atoms with Crippen LogP contribution in [-0.4, -0.2) is 27.5 Å². The molecule has 0 fully saturated rings. The zero-order valence-electron chi connectivity index (χ0n) is 15.2. The van der Waals surface area contributed by atoms with E-state index in [0.717, 1.165) is 22.4 Å². The fourth-order valence-corrected chi connectivity index (χ4v) is 4.22. The molecule has 6 nitrogen and oxygen atoms in total. The van der Waals surface area contributed by atoms with E-state index in [1.165, 1.54) is 0 Å². The van der Waals surface area contributed by atoms with Gasteiger partial charge in [0.1, 0.15) is 0 Å². The van der Waals surface area contributed by atoms with E-state index in [-0.39, 0.29) is 10.9 Å². The number of anilines is 2. The van der Waals surface area contributed by atoms with Crippen LogP contribution in [0.5, 0.6) is 0 Å². The van der Waals surface area contributed by atoms with Crippen molar-refractivity contribution in [2.75, 3.05) is 22.7 Å². The third kappa shape index (κ3) is 3.53. The van der Waals surface area contributed by atoms with Gasteiger partial charge >= 0.3 is 6.03 Å². The largest absolute Gasteiger partial charge is 0.338 e. The van der Waals surface area contributed by atoms with Gasteiger partial charge in [-0.3, -0.25) is 9.62 Å². The van der Waals surface area contributed by atoms with Crippen molar-refractivity contribution < 1.29 is 13.2 Å². The zero-order valence-corrected chi connectivity index (χ0v) is 16.0.